The Hall–Kier alpha value is -1.36. The van der Waals surface area contributed by atoms with Gasteiger partial charge in [0.1, 0.15) is 16.9 Å². The van der Waals surface area contributed by atoms with E-state index in [-0.39, 0.29) is 0 Å². The minimum Gasteiger partial charge on any atom is -0.370 e. The van der Waals surface area contributed by atoms with Gasteiger partial charge in [0, 0.05) is 24.2 Å². The molecule has 1 aliphatic carbocycles. The van der Waals surface area contributed by atoms with Gasteiger partial charge in [-0.3, -0.25) is 0 Å². The maximum absolute atomic E-state index is 4.90. The lowest BCUT2D eigenvalue weighted by atomic mass is 9.86. The number of hydrogen-bond donors (Lipinski definition) is 1. The quantitative estimate of drug-likeness (QED) is 0.936. The Kier molecular flexibility index (Phi) is 3.67. The van der Waals surface area contributed by atoms with E-state index in [9.17, 15) is 0 Å². The second-order valence-electron chi connectivity index (χ2n) is 6.28. The van der Waals surface area contributed by atoms with Gasteiger partial charge in [-0.2, -0.15) is 5.10 Å². The van der Waals surface area contributed by atoms with Gasteiger partial charge in [0.15, 0.2) is 0 Å². The van der Waals surface area contributed by atoms with Crippen LogP contribution in [0.3, 0.4) is 0 Å². The summed E-state index contributed by atoms with van der Waals surface area (Å²) in [6.07, 6.45) is 11.1. The van der Waals surface area contributed by atoms with Crippen molar-refractivity contribution in [3.63, 3.8) is 0 Å². The summed E-state index contributed by atoms with van der Waals surface area (Å²) < 4.78 is 2.17. The van der Waals surface area contributed by atoms with Crippen LogP contribution in [0.2, 0.25) is 0 Å². The van der Waals surface area contributed by atoms with Gasteiger partial charge in [0.2, 0.25) is 0 Å². The van der Waals surface area contributed by atoms with Crippen LogP contribution in [-0.4, -0.2) is 21.3 Å². The van der Waals surface area contributed by atoms with Gasteiger partial charge in [-0.25, -0.2) is 9.67 Å². The fourth-order valence-corrected chi connectivity index (χ4v) is 4.45. The predicted octanol–water partition coefficient (Wildman–Crippen LogP) is 3.87. The Morgan fingerprint density at radius 3 is 2.95 bits per heavy atom. The van der Waals surface area contributed by atoms with E-state index in [0.717, 1.165) is 25.3 Å². The molecule has 4 nitrogen and oxygen atoms in total. The molecule has 0 spiro atoms. The second kappa shape index (κ2) is 5.79. The SMILES string of the molecule is c1csc(C2CCNc3cc(CC4CCCCC4)nn32)n1. The first-order chi connectivity index (χ1) is 10.4. The van der Waals surface area contributed by atoms with Crippen molar-refractivity contribution in [2.45, 2.75) is 51.0 Å². The van der Waals surface area contributed by atoms with Crippen molar-refractivity contribution in [2.75, 3.05) is 11.9 Å². The number of thiazole rings is 1. The van der Waals surface area contributed by atoms with Crippen LogP contribution in [-0.2, 0) is 6.42 Å². The Morgan fingerprint density at radius 1 is 1.24 bits per heavy atom. The van der Waals surface area contributed by atoms with E-state index < -0.39 is 0 Å². The molecule has 21 heavy (non-hydrogen) atoms. The smallest absolute Gasteiger partial charge is 0.125 e. The highest BCUT2D eigenvalue weighted by atomic mass is 32.1. The summed E-state index contributed by atoms with van der Waals surface area (Å²) in [6.45, 7) is 1.01. The van der Waals surface area contributed by atoms with E-state index in [1.54, 1.807) is 11.3 Å². The molecule has 1 fully saturated rings. The molecule has 3 heterocycles. The maximum Gasteiger partial charge on any atom is 0.125 e. The molecule has 0 aromatic carbocycles. The number of nitrogens with one attached hydrogen (secondary N) is 1. The third-order valence-corrected chi connectivity index (χ3v) is 5.64. The van der Waals surface area contributed by atoms with E-state index in [0.29, 0.717) is 6.04 Å². The van der Waals surface area contributed by atoms with Crippen molar-refractivity contribution in [3.8, 4) is 0 Å². The highest BCUT2D eigenvalue weighted by Gasteiger charge is 2.25. The monoisotopic (exact) mass is 302 g/mol. The second-order valence-corrected chi connectivity index (χ2v) is 7.20. The molecule has 2 aromatic rings. The number of anilines is 1. The van der Waals surface area contributed by atoms with Crippen molar-refractivity contribution in [1.82, 2.24) is 14.8 Å². The molecule has 0 bridgehead atoms. The molecule has 1 saturated carbocycles. The molecule has 4 rings (SSSR count). The number of fused-ring (bicyclic) bond motifs is 1. The van der Waals surface area contributed by atoms with Crippen LogP contribution in [0.4, 0.5) is 5.82 Å². The van der Waals surface area contributed by atoms with Crippen LogP contribution in [0.5, 0.6) is 0 Å². The summed E-state index contributed by atoms with van der Waals surface area (Å²) >= 11 is 1.74. The molecule has 2 aliphatic rings. The summed E-state index contributed by atoms with van der Waals surface area (Å²) in [6, 6.07) is 2.58. The lowest BCUT2D eigenvalue weighted by Gasteiger charge is -2.23. The third kappa shape index (κ3) is 2.71. The molecular formula is C16H22N4S. The zero-order valence-electron chi connectivity index (χ0n) is 12.3. The third-order valence-electron chi connectivity index (χ3n) is 4.76. The Morgan fingerprint density at radius 2 is 2.14 bits per heavy atom. The van der Waals surface area contributed by atoms with E-state index in [2.05, 4.69) is 26.4 Å². The molecule has 5 heteroatoms. The van der Waals surface area contributed by atoms with Crippen LogP contribution in [0, 0.1) is 5.92 Å². The highest BCUT2D eigenvalue weighted by molar-refractivity contribution is 7.09. The predicted molar refractivity (Wildman–Crippen MR) is 85.9 cm³/mol. The zero-order chi connectivity index (χ0) is 14.1. The van der Waals surface area contributed by atoms with E-state index in [1.165, 1.54) is 48.6 Å². The van der Waals surface area contributed by atoms with Gasteiger partial charge < -0.3 is 5.32 Å². The first kappa shape index (κ1) is 13.3. The first-order valence-corrected chi connectivity index (χ1v) is 9.00. The summed E-state index contributed by atoms with van der Waals surface area (Å²) in [5, 5.41) is 11.6. The van der Waals surface area contributed by atoms with Crippen LogP contribution in [0.25, 0.3) is 0 Å². The minimum absolute atomic E-state index is 0.321. The lowest BCUT2D eigenvalue weighted by molar-refractivity contribution is 0.352. The van der Waals surface area contributed by atoms with Crippen LogP contribution in [0.15, 0.2) is 17.6 Å². The average molecular weight is 302 g/mol. The fraction of sp³-hybridized carbons (Fsp3) is 0.625. The minimum atomic E-state index is 0.321. The molecule has 1 atom stereocenters. The average Bonchev–Trinajstić information content (AvgIpc) is 3.16. The molecule has 1 N–H and O–H groups in total. The van der Waals surface area contributed by atoms with Gasteiger partial charge in [-0.1, -0.05) is 32.1 Å². The Bertz CT molecular complexity index is 583. The van der Waals surface area contributed by atoms with Crippen molar-refractivity contribution < 1.29 is 0 Å². The highest BCUT2D eigenvalue weighted by Crippen LogP contribution is 2.32. The zero-order valence-corrected chi connectivity index (χ0v) is 13.1. The molecule has 0 amide bonds. The van der Waals surface area contributed by atoms with Gasteiger partial charge in [-0.15, -0.1) is 11.3 Å². The number of hydrogen-bond acceptors (Lipinski definition) is 4. The molecular weight excluding hydrogens is 280 g/mol. The van der Waals surface area contributed by atoms with Crippen LogP contribution in [0.1, 0.15) is 55.3 Å². The number of nitrogens with zero attached hydrogens (tertiary/aromatic N) is 3. The Labute approximate surface area is 129 Å². The van der Waals surface area contributed by atoms with Gasteiger partial charge >= 0.3 is 0 Å². The van der Waals surface area contributed by atoms with Gasteiger partial charge in [-0.05, 0) is 18.8 Å². The number of rotatable bonds is 3. The molecule has 2 aromatic heterocycles. The Balaban J connectivity index is 1.56. The molecule has 1 aliphatic heterocycles. The molecule has 0 saturated heterocycles. The van der Waals surface area contributed by atoms with Gasteiger partial charge in [0.25, 0.3) is 0 Å². The van der Waals surface area contributed by atoms with Crippen molar-refractivity contribution in [2.24, 2.45) is 5.92 Å². The largest absolute Gasteiger partial charge is 0.370 e. The molecule has 112 valence electrons. The lowest BCUT2D eigenvalue weighted by Crippen LogP contribution is -2.24. The van der Waals surface area contributed by atoms with Crippen LogP contribution >= 0.6 is 11.3 Å². The topological polar surface area (TPSA) is 42.7 Å². The molecule has 1 unspecified atom stereocenters. The van der Waals surface area contributed by atoms with Crippen molar-refractivity contribution in [1.29, 1.82) is 0 Å². The summed E-state index contributed by atoms with van der Waals surface area (Å²) in [4.78, 5) is 4.49. The van der Waals surface area contributed by atoms with Crippen molar-refractivity contribution in [3.05, 3.63) is 28.3 Å². The fourth-order valence-electron chi connectivity index (χ4n) is 3.69. The normalized spacial score (nSPS) is 22.8. The van der Waals surface area contributed by atoms with E-state index in [4.69, 9.17) is 5.10 Å². The maximum atomic E-state index is 4.90. The first-order valence-electron chi connectivity index (χ1n) is 8.12. The van der Waals surface area contributed by atoms with Crippen molar-refractivity contribution >= 4 is 17.2 Å². The van der Waals surface area contributed by atoms with E-state index in [1.807, 2.05) is 6.20 Å². The van der Waals surface area contributed by atoms with Crippen LogP contribution < -0.4 is 5.32 Å². The number of aromatic nitrogens is 3. The van der Waals surface area contributed by atoms with E-state index >= 15 is 0 Å². The van der Waals surface area contributed by atoms with Gasteiger partial charge in [0.05, 0.1) is 5.69 Å². The standard InChI is InChI=1S/C16H22N4S/c1-2-4-12(5-3-1)10-13-11-15-17-7-6-14(20(15)19-13)16-18-8-9-21-16/h8-9,11-12,14,17H,1-7,10H2. The molecule has 0 radical (unpaired) electrons. The summed E-state index contributed by atoms with van der Waals surface area (Å²) in [7, 11) is 0. The summed E-state index contributed by atoms with van der Waals surface area (Å²) in [5.41, 5.74) is 1.26. The summed E-state index contributed by atoms with van der Waals surface area (Å²) in [5.74, 6) is 2.02.